The van der Waals surface area contributed by atoms with E-state index < -0.39 is 0 Å². The molecule has 3 heteroatoms. The van der Waals surface area contributed by atoms with Gasteiger partial charge in [0.1, 0.15) is 0 Å². The van der Waals surface area contributed by atoms with Crippen molar-refractivity contribution in [3.05, 3.63) is 24.3 Å². The molecule has 0 bridgehead atoms. The van der Waals surface area contributed by atoms with Gasteiger partial charge < -0.3 is 16.0 Å². The minimum absolute atomic E-state index is 0.206. The predicted octanol–water partition coefficient (Wildman–Crippen LogP) is 3.32. The molecule has 2 rings (SSSR count). The molecule has 1 aromatic rings. The first kappa shape index (κ1) is 15.2. The number of hydrogen-bond donors (Lipinski definition) is 2. The van der Waals surface area contributed by atoms with E-state index in [9.17, 15) is 0 Å². The van der Waals surface area contributed by atoms with Gasteiger partial charge >= 0.3 is 0 Å². The molecule has 1 aromatic carbocycles. The van der Waals surface area contributed by atoms with Crippen LogP contribution in [-0.4, -0.2) is 25.7 Å². The van der Waals surface area contributed by atoms with Crippen molar-refractivity contribution in [3.63, 3.8) is 0 Å². The van der Waals surface area contributed by atoms with Gasteiger partial charge in [-0.15, -0.1) is 0 Å². The zero-order chi connectivity index (χ0) is 14.5. The van der Waals surface area contributed by atoms with Crippen molar-refractivity contribution >= 4 is 11.4 Å². The molecule has 20 heavy (non-hydrogen) atoms. The standard InChI is InChI=1S/C17H29N3/c1-13(2)17(18)11-19-15-6-8-16(9-7-15)20-10-4-5-14(3)12-20/h6-9,13-14,17,19H,4-5,10-12,18H2,1-3H3. The Morgan fingerprint density at radius 2 is 2.00 bits per heavy atom. The highest BCUT2D eigenvalue weighted by atomic mass is 15.1. The maximum Gasteiger partial charge on any atom is 0.0367 e. The van der Waals surface area contributed by atoms with E-state index in [1.165, 1.54) is 31.6 Å². The van der Waals surface area contributed by atoms with Crippen molar-refractivity contribution in [1.82, 2.24) is 0 Å². The van der Waals surface area contributed by atoms with Gasteiger partial charge in [-0.2, -0.15) is 0 Å². The topological polar surface area (TPSA) is 41.3 Å². The smallest absolute Gasteiger partial charge is 0.0367 e. The summed E-state index contributed by atoms with van der Waals surface area (Å²) in [5.41, 5.74) is 8.56. The Kier molecular flexibility index (Phi) is 5.30. The molecule has 0 amide bonds. The van der Waals surface area contributed by atoms with E-state index in [0.717, 1.165) is 18.2 Å². The van der Waals surface area contributed by atoms with Gasteiger partial charge in [-0.25, -0.2) is 0 Å². The molecule has 0 aromatic heterocycles. The maximum absolute atomic E-state index is 6.06. The molecule has 1 aliphatic heterocycles. The Hall–Kier alpha value is -1.22. The second-order valence-electron chi connectivity index (χ2n) is 6.53. The van der Waals surface area contributed by atoms with E-state index in [4.69, 9.17) is 5.73 Å². The molecule has 0 aliphatic carbocycles. The van der Waals surface area contributed by atoms with Crippen LogP contribution in [0.15, 0.2) is 24.3 Å². The third-order valence-electron chi connectivity index (χ3n) is 4.29. The summed E-state index contributed by atoms with van der Waals surface area (Å²) < 4.78 is 0. The first-order chi connectivity index (χ1) is 9.56. The van der Waals surface area contributed by atoms with Crippen LogP contribution in [0.2, 0.25) is 0 Å². The van der Waals surface area contributed by atoms with Gasteiger partial charge in [0.25, 0.3) is 0 Å². The fourth-order valence-corrected chi connectivity index (χ4v) is 2.69. The van der Waals surface area contributed by atoms with Crippen molar-refractivity contribution < 1.29 is 0 Å². The average molecular weight is 275 g/mol. The highest BCUT2D eigenvalue weighted by Gasteiger charge is 2.16. The molecule has 0 spiro atoms. The molecule has 1 aliphatic rings. The number of nitrogens with one attached hydrogen (secondary N) is 1. The van der Waals surface area contributed by atoms with Gasteiger partial charge in [0.05, 0.1) is 0 Å². The summed E-state index contributed by atoms with van der Waals surface area (Å²) in [7, 11) is 0. The Morgan fingerprint density at radius 3 is 2.60 bits per heavy atom. The first-order valence-electron chi connectivity index (χ1n) is 7.90. The summed E-state index contributed by atoms with van der Waals surface area (Å²) in [4.78, 5) is 2.50. The molecular weight excluding hydrogens is 246 g/mol. The molecule has 2 unspecified atom stereocenters. The Bertz CT molecular complexity index is 399. The fourth-order valence-electron chi connectivity index (χ4n) is 2.69. The molecule has 0 saturated carbocycles. The summed E-state index contributed by atoms with van der Waals surface area (Å²) in [6.45, 7) is 9.87. The lowest BCUT2D eigenvalue weighted by atomic mass is 10.00. The van der Waals surface area contributed by atoms with E-state index >= 15 is 0 Å². The van der Waals surface area contributed by atoms with Crippen LogP contribution >= 0.6 is 0 Å². The van der Waals surface area contributed by atoms with Crippen molar-refractivity contribution in [1.29, 1.82) is 0 Å². The van der Waals surface area contributed by atoms with E-state index in [0.29, 0.717) is 5.92 Å². The summed E-state index contributed by atoms with van der Waals surface area (Å²) in [6.07, 6.45) is 2.67. The molecule has 1 heterocycles. The molecular formula is C17H29N3. The van der Waals surface area contributed by atoms with Crippen LogP contribution in [0.4, 0.5) is 11.4 Å². The fraction of sp³-hybridized carbons (Fsp3) is 0.647. The lowest BCUT2D eigenvalue weighted by Crippen LogP contribution is -2.34. The minimum atomic E-state index is 0.206. The zero-order valence-electron chi connectivity index (χ0n) is 13.1. The molecule has 2 atom stereocenters. The van der Waals surface area contributed by atoms with Crippen LogP contribution in [0, 0.1) is 11.8 Å². The minimum Gasteiger partial charge on any atom is -0.383 e. The van der Waals surface area contributed by atoms with Crippen LogP contribution in [0.1, 0.15) is 33.6 Å². The SMILES string of the molecule is CC1CCCN(c2ccc(NCC(N)C(C)C)cc2)C1. The van der Waals surface area contributed by atoms with E-state index in [1.807, 2.05) is 0 Å². The number of nitrogens with zero attached hydrogens (tertiary/aromatic N) is 1. The third-order valence-corrected chi connectivity index (χ3v) is 4.29. The van der Waals surface area contributed by atoms with Gasteiger partial charge in [0.15, 0.2) is 0 Å². The van der Waals surface area contributed by atoms with E-state index in [2.05, 4.69) is 55.3 Å². The summed E-state index contributed by atoms with van der Waals surface area (Å²) in [5.74, 6) is 1.32. The quantitative estimate of drug-likeness (QED) is 0.866. The average Bonchev–Trinajstić information content (AvgIpc) is 2.45. The highest BCUT2D eigenvalue weighted by molar-refractivity contribution is 5.55. The van der Waals surface area contributed by atoms with Crippen LogP contribution < -0.4 is 16.0 Å². The number of rotatable bonds is 5. The second kappa shape index (κ2) is 6.98. The van der Waals surface area contributed by atoms with Crippen molar-refractivity contribution in [3.8, 4) is 0 Å². The molecule has 1 fully saturated rings. The number of benzene rings is 1. The Morgan fingerprint density at radius 1 is 1.30 bits per heavy atom. The van der Waals surface area contributed by atoms with Crippen LogP contribution in [0.3, 0.4) is 0 Å². The Balaban J connectivity index is 1.89. The number of piperidine rings is 1. The highest BCUT2D eigenvalue weighted by Crippen LogP contribution is 2.24. The molecule has 1 saturated heterocycles. The van der Waals surface area contributed by atoms with Crippen LogP contribution in [-0.2, 0) is 0 Å². The molecule has 3 nitrogen and oxygen atoms in total. The first-order valence-corrected chi connectivity index (χ1v) is 7.90. The molecule has 3 N–H and O–H groups in total. The van der Waals surface area contributed by atoms with Gasteiger partial charge in [-0.3, -0.25) is 0 Å². The predicted molar refractivity (Wildman–Crippen MR) is 88.4 cm³/mol. The summed E-state index contributed by atoms with van der Waals surface area (Å²) in [6, 6.07) is 8.99. The lowest BCUT2D eigenvalue weighted by Gasteiger charge is -2.32. The molecule has 112 valence electrons. The summed E-state index contributed by atoms with van der Waals surface area (Å²) in [5, 5.41) is 3.42. The van der Waals surface area contributed by atoms with Crippen molar-refractivity contribution in [2.75, 3.05) is 29.9 Å². The third kappa shape index (κ3) is 4.14. The maximum atomic E-state index is 6.06. The monoisotopic (exact) mass is 275 g/mol. The van der Waals surface area contributed by atoms with Gasteiger partial charge in [-0.05, 0) is 48.9 Å². The van der Waals surface area contributed by atoms with Crippen molar-refractivity contribution in [2.45, 2.75) is 39.7 Å². The number of anilines is 2. The number of nitrogens with two attached hydrogens (primary N) is 1. The zero-order valence-corrected chi connectivity index (χ0v) is 13.1. The largest absolute Gasteiger partial charge is 0.383 e. The summed E-state index contributed by atoms with van der Waals surface area (Å²) >= 11 is 0. The van der Waals surface area contributed by atoms with Gasteiger partial charge in [0.2, 0.25) is 0 Å². The van der Waals surface area contributed by atoms with E-state index in [-0.39, 0.29) is 6.04 Å². The second-order valence-corrected chi connectivity index (χ2v) is 6.53. The Labute approximate surface area is 123 Å². The van der Waals surface area contributed by atoms with Crippen LogP contribution in [0.5, 0.6) is 0 Å². The van der Waals surface area contributed by atoms with E-state index in [1.54, 1.807) is 0 Å². The lowest BCUT2D eigenvalue weighted by molar-refractivity contribution is 0.447. The number of hydrogen-bond acceptors (Lipinski definition) is 3. The van der Waals surface area contributed by atoms with Gasteiger partial charge in [-0.1, -0.05) is 20.8 Å². The molecule has 0 radical (unpaired) electrons. The van der Waals surface area contributed by atoms with Crippen molar-refractivity contribution in [2.24, 2.45) is 17.6 Å². The van der Waals surface area contributed by atoms with Gasteiger partial charge in [0, 0.05) is 37.1 Å². The normalized spacial score (nSPS) is 21.1. The van der Waals surface area contributed by atoms with Crippen LogP contribution in [0.25, 0.3) is 0 Å².